The van der Waals surface area contributed by atoms with Crippen molar-refractivity contribution in [2.24, 2.45) is 0 Å². The van der Waals surface area contributed by atoms with Crippen molar-refractivity contribution in [3.63, 3.8) is 0 Å². The third kappa shape index (κ3) is 3.59. The molecule has 3 aromatic rings. The van der Waals surface area contributed by atoms with Crippen molar-refractivity contribution in [3.8, 4) is 11.5 Å². The van der Waals surface area contributed by atoms with Crippen molar-refractivity contribution in [3.05, 3.63) is 54.2 Å². The Labute approximate surface area is 199 Å². The molecule has 1 saturated carbocycles. The Morgan fingerprint density at radius 1 is 1.00 bits per heavy atom. The Morgan fingerprint density at radius 3 is 2.47 bits per heavy atom. The van der Waals surface area contributed by atoms with Gasteiger partial charge in [0.1, 0.15) is 11.2 Å². The van der Waals surface area contributed by atoms with E-state index in [2.05, 4.69) is 5.32 Å². The summed E-state index contributed by atoms with van der Waals surface area (Å²) < 4.78 is 12.9. The average Bonchev–Trinajstić information content (AvgIpc) is 3.23. The van der Waals surface area contributed by atoms with E-state index in [9.17, 15) is 9.59 Å². The Kier molecular flexibility index (Phi) is 5.71. The van der Waals surface area contributed by atoms with Gasteiger partial charge in [-0.2, -0.15) is 0 Å². The first-order valence-corrected chi connectivity index (χ1v) is 11.9. The molecule has 0 saturated heterocycles. The fraction of sp³-hybridized carbons (Fsp3) is 0.407. The van der Waals surface area contributed by atoms with Crippen molar-refractivity contribution >= 4 is 28.4 Å². The molecule has 1 unspecified atom stereocenters. The number of para-hydroxylation sites is 1. The van der Waals surface area contributed by atoms with Gasteiger partial charge in [-0.3, -0.25) is 14.5 Å². The van der Waals surface area contributed by atoms with Crippen LogP contribution in [-0.4, -0.2) is 42.2 Å². The highest BCUT2D eigenvalue weighted by molar-refractivity contribution is 6.14. The zero-order chi connectivity index (χ0) is 23.9. The van der Waals surface area contributed by atoms with Gasteiger partial charge in [-0.05, 0) is 44.0 Å². The van der Waals surface area contributed by atoms with Gasteiger partial charge in [0.05, 0.1) is 20.8 Å². The van der Waals surface area contributed by atoms with Gasteiger partial charge in [0, 0.05) is 28.7 Å². The topological polar surface area (TPSA) is 72.8 Å². The van der Waals surface area contributed by atoms with Crippen LogP contribution in [0.3, 0.4) is 0 Å². The van der Waals surface area contributed by atoms with Crippen LogP contribution in [0.2, 0.25) is 0 Å². The molecule has 5 rings (SSSR count). The number of rotatable bonds is 5. The van der Waals surface area contributed by atoms with E-state index in [0.717, 1.165) is 36.6 Å². The highest BCUT2D eigenvalue weighted by Crippen LogP contribution is 2.39. The Balaban J connectivity index is 1.62. The summed E-state index contributed by atoms with van der Waals surface area (Å²) >= 11 is 0. The van der Waals surface area contributed by atoms with Crippen LogP contribution in [-0.2, 0) is 11.3 Å². The fourth-order valence-electron chi connectivity index (χ4n) is 5.40. The van der Waals surface area contributed by atoms with E-state index in [1.807, 2.05) is 47.9 Å². The minimum atomic E-state index is -1.12. The standard InChI is InChI=1S/C27H31N3O4/c1-27(26(32)28-19-10-5-4-6-11-19)17-29-21-12-8-7-9-18(21)15-22(29)25(31)30(27)20-13-14-23(33-2)24(16-20)34-3/h7-9,12-16,19H,4-6,10-11,17H2,1-3H3,(H,28,32). The number of hydrogen-bond donors (Lipinski definition) is 1. The second kappa shape index (κ2) is 8.70. The number of benzene rings is 2. The van der Waals surface area contributed by atoms with Gasteiger partial charge in [-0.15, -0.1) is 0 Å². The zero-order valence-electron chi connectivity index (χ0n) is 20.0. The number of nitrogens with zero attached hydrogens (tertiary/aromatic N) is 2. The predicted octanol–water partition coefficient (Wildman–Crippen LogP) is 4.53. The molecular formula is C27H31N3O4. The van der Waals surface area contributed by atoms with Crippen molar-refractivity contribution in [1.82, 2.24) is 9.88 Å². The Morgan fingerprint density at radius 2 is 1.74 bits per heavy atom. The number of carbonyl (C=O) groups excluding carboxylic acids is 2. The molecule has 1 N–H and O–H groups in total. The number of methoxy groups -OCH3 is 2. The first-order valence-electron chi connectivity index (χ1n) is 11.9. The third-order valence-electron chi connectivity index (χ3n) is 7.25. The molecule has 2 aliphatic rings. The first kappa shape index (κ1) is 22.3. The highest BCUT2D eigenvalue weighted by Gasteiger charge is 2.49. The molecule has 2 heterocycles. The van der Waals surface area contributed by atoms with E-state index >= 15 is 0 Å². The quantitative estimate of drug-likeness (QED) is 0.606. The maximum absolute atomic E-state index is 14.0. The summed E-state index contributed by atoms with van der Waals surface area (Å²) in [6.45, 7) is 2.21. The number of ether oxygens (including phenoxy) is 2. The number of hydrogen-bond acceptors (Lipinski definition) is 4. The smallest absolute Gasteiger partial charge is 0.275 e. The molecule has 1 aliphatic heterocycles. The number of nitrogens with one attached hydrogen (secondary N) is 1. The number of carbonyl (C=O) groups is 2. The molecule has 1 aliphatic carbocycles. The summed E-state index contributed by atoms with van der Waals surface area (Å²) in [6, 6.07) is 15.3. The van der Waals surface area contributed by atoms with Gasteiger partial charge >= 0.3 is 0 Å². The van der Waals surface area contributed by atoms with E-state index in [1.165, 1.54) is 6.42 Å². The Hall–Kier alpha value is -3.48. The highest BCUT2D eigenvalue weighted by atomic mass is 16.5. The lowest BCUT2D eigenvalue weighted by Crippen LogP contribution is -2.65. The predicted molar refractivity (Wildman–Crippen MR) is 132 cm³/mol. The summed E-state index contributed by atoms with van der Waals surface area (Å²) in [6.07, 6.45) is 5.39. The minimum Gasteiger partial charge on any atom is -0.493 e. The molecular weight excluding hydrogens is 430 g/mol. The zero-order valence-corrected chi connectivity index (χ0v) is 20.0. The summed E-state index contributed by atoms with van der Waals surface area (Å²) in [5, 5.41) is 4.25. The van der Waals surface area contributed by atoms with Crippen LogP contribution >= 0.6 is 0 Å². The molecule has 2 amide bonds. The largest absolute Gasteiger partial charge is 0.493 e. The monoisotopic (exact) mass is 461 g/mol. The van der Waals surface area contributed by atoms with E-state index < -0.39 is 5.54 Å². The summed E-state index contributed by atoms with van der Waals surface area (Å²) in [5.41, 5.74) is 0.997. The van der Waals surface area contributed by atoms with Crippen LogP contribution in [0.5, 0.6) is 11.5 Å². The van der Waals surface area contributed by atoms with Crippen LogP contribution in [0, 0.1) is 0 Å². The molecule has 178 valence electrons. The molecule has 1 atom stereocenters. The van der Waals surface area contributed by atoms with Crippen LogP contribution in [0.15, 0.2) is 48.5 Å². The summed E-state index contributed by atoms with van der Waals surface area (Å²) in [4.78, 5) is 29.5. The van der Waals surface area contributed by atoms with E-state index in [-0.39, 0.29) is 17.9 Å². The fourth-order valence-corrected chi connectivity index (χ4v) is 5.40. The van der Waals surface area contributed by atoms with Crippen molar-refractivity contribution in [2.45, 2.75) is 57.2 Å². The minimum absolute atomic E-state index is 0.133. The SMILES string of the molecule is COc1ccc(N2C(=O)c3cc4ccccc4n3CC2(C)C(=O)NC2CCCCC2)cc1OC. The molecule has 1 fully saturated rings. The molecule has 1 aromatic heterocycles. The van der Waals surface area contributed by atoms with Gasteiger partial charge in [-0.25, -0.2) is 0 Å². The van der Waals surface area contributed by atoms with Gasteiger partial charge in [0.2, 0.25) is 5.91 Å². The van der Waals surface area contributed by atoms with Crippen LogP contribution in [0.4, 0.5) is 5.69 Å². The van der Waals surface area contributed by atoms with E-state index in [4.69, 9.17) is 9.47 Å². The second-order valence-corrected chi connectivity index (χ2v) is 9.44. The van der Waals surface area contributed by atoms with Crippen LogP contribution in [0.1, 0.15) is 49.5 Å². The van der Waals surface area contributed by atoms with Gasteiger partial charge < -0.3 is 19.4 Å². The maximum atomic E-state index is 14.0. The molecule has 7 nitrogen and oxygen atoms in total. The van der Waals surface area contributed by atoms with E-state index in [1.54, 1.807) is 31.3 Å². The summed E-state index contributed by atoms with van der Waals surface area (Å²) in [7, 11) is 3.14. The lowest BCUT2D eigenvalue weighted by Gasteiger charge is -2.44. The molecule has 0 bridgehead atoms. The number of amides is 2. The number of aromatic nitrogens is 1. The maximum Gasteiger partial charge on any atom is 0.275 e. The van der Waals surface area contributed by atoms with Crippen LogP contribution < -0.4 is 19.7 Å². The van der Waals surface area contributed by atoms with E-state index in [0.29, 0.717) is 29.4 Å². The molecule has 34 heavy (non-hydrogen) atoms. The summed E-state index contributed by atoms with van der Waals surface area (Å²) in [5.74, 6) is 0.731. The van der Waals surface area contributed by atoms with Crippen molar-refractivity contribution in [1.29, 1.82) is 0 Å². The molecule has 2 aromatic carbocycles. The molecule has 0 radical (unpaired) electrons. The molecule has 0 spiro atoms. The van der Waals surface area contributed by atoms with Gasteiger partial charge in [0.25, 0.3) is 5.91 Å². The normalized spacial score (nSPS) is 20.8. The first-order chi connectivity index (χ1) is 16.5. The number of anilines is 1. The second-order valence-electron chi connectivity index (χ2n) is 9.44. The van der Waals surface area contributed by atoms with Crippen molar-refractivity contribution in [2.75, 3.05) is 19.1 Å². The lowest BCUT2D eigenvalue weighted by atomic mass is 9.91. The average molecular weight is 462 g/mol. The van der Waals surface area contributed by atoms with Gasteiger partial charge in [0.15, 0.2) is 11.5 Å². The molecule has 7 heteroatoms. The lowest BCUT2D eigenvalue weighted by molar-refractivity contribution is -0.127. The van der Waals surface area contributed by atoms with Crippen LogP contribution in [0.25, 0.3) is 10.9 Å². The van der Waals surface area contributed by atoms with Crippen molar-refractivity contribution < 1.29 is 19.1 Å². The van der Waals surface area contributed by atoms with Gasteiger partial charge in [-0.1, -0.05) is 37.5 Å². The number of fused-ring (bicyclic) bond motifs is 3. The third-order valence-corrected chi connectivity index (χ3v) is 7.25. The Bertz CT molecular complexity index is 1240.